The molecule has 0 fully saturated rings. The van der Waals surface area contributed by atoms with Crippen molar-refractivity contribution in [1.82, 2.24) is 9.97 Å². The maximum atomic E-state index is 9.58. The SMILES string of the molecule is F[C-](F)F.[Cu+].c1ccc(P(c2ccccc2)c2ccccc2)cc1.c1cnc2c(c1)ccc1cccnc12. The van der Waals surface area contributed by atoms with Crippen LogP contribution in [0.3, 0.4) is 0 Å². The Kier molecular flexibility index (Phi) is 11.4. The quantitative estimate of drug-likeness (QED) is 0.0943. The zero-order valence-corrected chi connectivity index (χ0v) is 21.9. The summed E-state index contributed by atoms with van der Waals surface area (Å²) in [5.41, 5.74) is 1.95. The summed E-state index contributed by atoms with van der Waals surface area (Å²) in [6.45, 7) is -3.08. The molecule has 194 valence electrons. The molecule has 2 aromatic heterocycles. The van der Waals surface area contributed by atoms with E-state index in [9.17, 15) is 13.2 Å². The number of hydrogen-bond acceptors (Lipinski definition) is 2. The second-order valence-electron chi connectivity index (χ2n) is 7.77. The van der Waals surface area contributed by atoms with E-state index >= 15 is 0 Å². The van der Waals surface area contributed by atoms with Gasteiger partial charge in [0.15, 0.2) is 6.68 Å². The number of nitrogens with zero attached hydrogens (tertiary/aromatic N) is 2. The van der Waals surface area contributed by atoms with Gasteiger partial charge in [-0.05, 0) is 36.0 Å². The molecule has 0 spiro atoms. The molecule has 6 aromatic rings. The first kappa shape index (κ1) is 29.0. The van der Waals surface area contributed by atoms with Gasteiger partial charge in [0.1, 0.15) is 0 Å². The van der Waals surface area contributed by atoms with Crippen LogP contribution in [0.15, 0.2) is 140 Å². The molecule has 0 aliphatic heterocycles. The maximum Gasteiger partial charge on any atom is 1.00 e. The molecule has 0 radical (unpaired) electrons. The summed E-state index contributed by atoms with van der Waals surface area (Å²) in [6.07, 6.45) is 3.60. The molecule has 0 aliphatic rings. The molecule has 0 unspecified atom stereocenters. The topological polar surface area (TPSA) is 25.8 Å². The van der Waals surface area contributed by atoms with Crippen molar-refractivity contribution < 1.29 is 30.2 Å². The van der Waals surface area contributed by atoms with Gasteiger partial charge in [0.25, 0.3) is 0 Å². The van der Waals surface area contributed by atoms with Crippen LogP contribution in [0.4, 0.5) is 13.2 Å². The number of rotatable bonds is 3. The molecule has 0 aliphatic carbocycles. The molecule has 4 aromatic carbocycles. The van der Waals surface area contributed by atoms with Gasteiger partial charge in [-0.3, -0.25) is 9.97 Å². The van der Waals surface area contributed by atoms with Gasteiger partial charge in [0.2, 0.25) is 0 Å². The van der Waals surface area contributed by atoms with Crippen LogP contribution in [0.25, 0.3) is 21.8 Å². The molecular weight excluding hydrogens is 552 g/mol. The third-order valence-electron chi connectivity index (χ3n) is 5.39. The fourth-order valence-electron chi connectivity index (χ4n) is 3.86. The number of hydrogen-bond donors (Lipinski definition) is 0. The minimum atomic E-state index is -3.08. The van der Waals surface area contributed by atoms with Crippen molar-refractivity contribution in [2.75, 3.05) is 0 Å². The summed E-state index contributed by atoms with van der Waals surface area (Å²) < 4.78 is 28.8. The molecule has 0 N–H and O–H groups in total. The Morgan fingerprint density at radius 3 is 1.08 bits per heavy atom. The summed E-state index contributed by atoms with van der Waals surface area (Å²) in [6, 6.07) is 44.5. The van der Waals surface area contributed by atoms with Gasteiger partial charge >= 0.3 is 17.1 Å². The zero-order chi connectivity index (χ0) is 25.9. The van der Waals surface area contributed by atoms with Crippen molar-refractivity contribution in [2.24, 2.45) is 0 Å². The average Bonchev–Trinajstić information content (AvgIpc) is 2.95. The molecule has 0 bridgehead atoms. The van der Waals surface area contributed by atoms with Crippen LogP contribution < -0.4 is 15.9 Å². The number of halogens is 3. The first-order valence-corrected chi connectivity index (χ1v) is 12.8. The normalized spacial score (nSPS) is 10.2. The van der Waals surface area contributed by atoms with E-state index in [1.54, 1.807) is 12.4 Å². The fraction of sp³-hybridized carbons (Fsp3) is 0. The minimum absolute atomic E-state index is 0. The smallest absolute Gasteiger partial charge is 0.385 e. The average molecular weight is 575 g/mol. The maximum absolute atomic E-state index is 9.58. The van der Waals surface area contributed by atoms with E-state index < -0.39 is 14.6 Å². The molecule has 7 heteroatoms. The fourth-order valence-corrected chi connectivity index (χ4v) is 6.16. The third kappa shape index (κ3) is 7.97. The molecule has 0 saturated carbocycles. The van der Waals surface area contributed by atoms with E-state index in [1.807, 2.05) is 12.1 Å². The molecule has 2 heterocycles. The third-order valence-corrected chi connectivity index (χ3v) is 7.83. The molecule has 6 rings (SSSR count). The summed E-state index contributed by atoms with van der Waals surface area (Å²) in [4.78, 5) is 8.69. The van der Waals surface area contributed by atoms with E-state index in [4.69, 9.17) is 0 Å². The number of benzene rings is 4. The second-order valence-corrected chi connectivity index (χ2v) is 9.99. The van der Waals surface area contributed by atoms with Gasteiger partial charge < -0.3 is 13.2 Å². The van der Waals surface area contributed by atoms with Gasteiger partial charge in [-0.25, -0.2) is 0 Å². The molecule has 0 atom stereocenters. The van der Waals surface area contributed by atoms with Crippen molar-refractivity contribution in [2.45, 2.75) is 0 Å². The van der Waals surface area contributed by atoms with Crippen molar-refractivity contribution in [3.63, 3.8) is 0 Å². The van der Waals surface area contributed by atoms with E-state index in [-0.39, 0.29) is 17.1 Å². The predicted molar refractivity (Wildman–Crippen MR) is 149 cm³/mol. The Morgan fingerprint density at radius 2 is 0.763 bits per heavy atom. The van der Waals surface area contributed by atoms with Crippen LogP contribution >= 0.6 is 7.92 Å². The van der Waals surface area contributed by atoms with Crippen LogP contribution in [0.2, 0.25) is 0 Å². The van der Waals surface area contributed by atoms with E-state index in [0.717, 1.165) is 21.8 Å². The first-order valence-electron chi connectivity index (χ1n) is 11.5. The largest absolute Gasteiger partial charge is 1.00 e. The molecule has 0 amide bonds. The van der Waals surface area contributed by atoms with Crippen molar-refractivity contribution in [1.29, 1.82) is 0 Å². The summed E-state index contributed by atoms with van der Waals surface area (Å²) >= 11 is 0. The molecular formula is C31H23CuF3N2P. The summed E-state index contributed by atoms with van der Waals surface area (Å²) in [7, 11) is -0.446. The molecule has 2 nitrogen and oxygen atoms in total. The Morgan fingerprint density at radius 1 is 0.447 bits per heavy atom. The van der Waals surface area contributed by atoms with Crippen LogP contribution in [-0.2, 0) is 17.1 Å². The van der Waals surface area contributed by atoms with Crippen molar-refractivity contribution in [3.8, 4) is 0 Å². The van der Waals surface area contributed by atoms with Crippen LogP contribution in [0.1, 0.15) is 0 Å². The Hall–Kier alpha value is -3.56. The zero-order valence-electron chi connectivity index (χ0n) is 20.1. The van der Waals surface area contributed by atoms with Crippen LogP contribution in [-0.4, -0.2) is 9.97 Å². The van der Waals surface area contributed by atoms with Crippen LogP contribution in [0.5, 0.6) is 0 Å². The molecule has 38 heavy (non-hydrogen) atoms. The standard InChI is InChI=1S/C18H15P.C12H8N2.CF3.Cu/c1-4-10-16(11-5-1)19(17-12-6-2-7-13-17)18-14-8-3-9-15-18;1-3-9-5-6-10-4-2-8-14-12(10)11(9)13-7-1;2-1(3)4;/h1-15H;1-8H;;/q;;-1;+1. The van der Waals surface area contributed by atoms with Gasteiger partial charge in [-0.1, -0.05) is 115 Å². The molecule has 0 saturated heterocycles. The van der Waals surface area contributed by atoms with Gasteiger partial charge in [0.05, 0.1) is 11.0 Å². The van der Waals surface area contributed by atoms with Crippen molar-refractivity contribution >= 4 is 45.6 Å². The summed E-state index contributed by atoms with van der Waals surface area (Å²) in [5, 5.41) is 6.47. The van der Waals surface area contributed by atoms with Gasteiger partial charge in [-0.15, -0.1) is 0 Å². The van der Waals surface area contributed by atoms with E-state index in [1.165, 1.54) is 15.9 Å². The van der Waals surface area contributed by atoms with E-state index in [0.29, 0.717) is 0 Å². The van der Waals surface area contributed by atoms with Gasteiger partial charge in [-0.2, -0.15) is 0 Å². The Labute approximate surface area is 231 Å². The number of pyridine rings is 2. The summed E-state index contributed by atoms with van der Waals surface area (Å²) in [5.74, 6) is 0. The Balaban J connectivity index is 0.000000186. The monoisotopic (exact) mass is 574 g/mol. The number of aromatic nitrogens is 2. The predicted octanol–water partition coefficient (Wildman–Crippen LogP) is 7.57. The second kappa shape index (κ2) is 15.0. The minimum Gasteiger partial charge on any atom is -0.385 e. The number of fused-ring (bicyclic) bond motifs is 3. The Bertz CT molecular complexity index is 1370. The van der Waals surface area contributed by atoms with E-state index in [2.05, 4.69) is 125 Å². The van der Waals surface area contributed by atoms with Crippen molar-refractivity contribution in [3.05, 3.63) is 146 Å². The van der Waals surface area contributed by atoms with Gasteiger partial charge in [0, 0.05) is 23.2 Å². The van der Waals surface area contributed by atoms with Crippen LogP contribution in [0, 0.1) is 6.68 Å². The first-order chi connectivity index (χ1) is 18.1.